The predicted octanol–water partition coefficient (Wildman–Crippen LogP) is 4.53. The number of fused-ring (bicyclic) bond motifs is 4. The van der Waals surface area contributed by atoms with E-state index in [0.717, 1.165) is 33.1 Å². The van der Waals surface area contributed by atoms with Crippen molar-refractivity contribution in [2.45, 2.75) is 19.6 Å². The van der Waals surface area contributed by atoms with Gasteiger partial charge in [-0.25, -0.2) is 0 Å². The second-order valence-electron chi connectivity index (χ2n) is 6.56. The Bertz CT molecular complexity index is 1040. The molecule has 0 spiro atoms. The summed E-state index contributed by atoms with van der Waals surface area (Å²) in [6.07, 6.45) is 0. The molecule has 0 saturated heterocycles. The van der Waals surface area contributed by atoms with Gasteiger partial charge in [0.25, 0.3) is 5.91 Å². The van der Waals surface area contributed by atoms with Crippen LogP contribution in [0.2, 0.25) is 0 Å². The topological polar surface area (TPSA) is 56.8 Å². The van der Waals surface area contributed by atoms with Crippen molar-refractivity contribution in [2.24, 2.45) is 0 Å². The minimum absolute atomic E-state index is 0.0861. The summed E-state index contributed by atoms with van der Waals surface area (Å²) in [5, 5.41) is 3.07. The van der Waals surface area contributed by atoms with Crippen molar-refractivity contribution in [2.75, 3.05) is 6.79 Å². The zero-order valence-electron chi connectivity index (χ0n) is 14.7. The van der Waals surface area contributed by atoms with Crippen LogP contribution in [0.5, 0.6) is 17.2 Å². The summed E-state index contributed by atoms with van der Waals surface area (Å²) in [6.45, 7) is 2.69. The highest BCUT2D eigenvalue weighted by atomic mass is 32.1. The third-order valence-electron chi connectivity index (χ3n) is 4.79. The van der Waals surface area contributed by atoms with Crippen molar-refractivity contribution in [3.63, 3.8) is 0 Å². The Hall–Kier alpha value is -2.99. The Labute approximate surface area is 160 Å². The fraction of sp³-hybridized carbons (Fsp3) is 0.190. The summed E-state index contributed by atoms with van der Waals surface area (Å²) in [4.78, 5) is 14.6. The maximum Gasteiger partial charge on any atom is 0.261 e. The number of thiophene rings is 1. The normalized spacial score (nSPS) is 14.7. The van der Waals surface area contributed by atoms with Gasteiger partial charge in [-0.1, -0.05) is 18.2 Å². The molecule has 1 atom stereocenters. The van der Waals surface area contributed by atoms with Crippen LogP contribution in [0.3, 0.4) is 0 Å². The molecule has 5 rings (SSSR count). The molecule has 6 heteroatoms. The van der Waals surface area contributed by atoms with Gasteiger partial charge in [0, 0.05) is 16.0 Å². The molecule has 136 valence electrons. The van der Waals surface area contributed by atoms with Crippen molar-refractivity contribution in [3.05, 3.63) is 64.5 Å². The van der Waals surface area contributed by atoms with Crippen molar-refractivity contribution in [1.29, 1.82) is 0 Å². The lowest BCUT2D eigenvalue weighted by atomic mass is 10.1. The van der Waals surface area contributed by atoms with Gasteiger partial charge in [0.15, 0.2) is 11.5 Å². The molecular formula is C21H17NO4S. The van der Waals surface area contributed by atoms with E-state index in [0.29, 0.717) is 17.2 Å². The van der Waals surface area contributed by atoms with E-state index in [1.165, 1.54) is 11.3 Å². The molecule has 0 saturated carbocycles. The number of carbonyl (C=O) groups is 1. The average Bonchev–Trinajstić information content (AvgIpc) is 3.34. The van der Waals surface area contributed by atoms with Gasteiger partial charge in [-0.05, 0) is 42.8 Å². The predicted molar refractivity (Wildman–Crippen MR) is 103 cm³/mol. The summed E-state index contributed by atoms with van der Waals surface area (Å²) in [5.74, 6) is 2.24. The first-order valence-corrected chi connectivity index (χ1v) is 9.56. The minimum atomic E-state index is -0.144. The van der Waals surface area contributed by atoms with Gasteiger partial charge < -0.3 is 19.5 Å². The largest absolute Gasteiger partial charge is 0.488 e. The summed E-state index contributed by atoms with van der Waals surface area (Å²) in [6, 6.07) is 15.4. The van der Waals surface area contributed by atoms with Crippen LogP contribution in [-0.2, 0) is 6.61 Å². The Balaban J connectivity index is 1.37. The fourth-order valence-corrected chi connectivity index (χ4v) is 4.45. The maximum atomic E-state index is 12.8. The van der Waals surface area contributed by atoms with Crippen LogP contribution in [0.1, 0.15) is 33.8 Å². The Morgan fingerprint density at radius 1 is 1.04 bits per heavy atom. The zero-order chi connectivity index (χ0) is 18.4. The highest BCUT2D eigenvalue weighted by Crippen LogP contribution is 2.42. The molecule has 2 aromatic carbocycles. The van der Waals surface area contributed by atoms with Gasteiger partial charge in [-0.2, -0.15) is 0 Å². The monoisotopic (exact) mass is 379 g/mol. The van der Waals surface area contributed by atoms with E-state index < -0.39 is 0 Å². The number of nitrogens with one attached hydrogen (secondary N) is 1. The molecule has 3 heterocycles. The highest BCUT2D eigenvalue weighted by Gasteiger charge is 2.23. The molecular weight excluding hydrogens is 362 g/mol. The van der Waals surface area contributed by atoms with E-state index in [2.05, 4.69) is 5.32 Å². The van der Waals surface area contributed by atoms with Gasteiger partial charge in [0.1, 0.15) is 12.4 Å². The van der Waals surface area contributed by atoms with Crippen LogP contribution in [0.15, 0.2) is 48.5 Å². The molecule has 0 fully saturated rings. The lowest BCUT2D eigenvalue weighted by Crippen LogP contribution is -2.25. The molecule has 1 unspecified atom stereocenters. The molecule has 3 aromatic rings. The fourth-order valence-electron chi connectivity index (χ4n) is 3.34. The molecule has 0 bridgehead atoms. The van der Waals surface area contributed by atoms with Crippen LogP contribution >= 0.6 is 11.3 Å². The Kier molecular flexibility index (Phi) is 3.79. The zero-order valence-corrected chi connectivity index (χ0v) is 15.5. The standard InChI is InChI=1S/C21H17NO4S/c1-12(13-6-7-17-18(8-13)26-11-25-17)22-21(23)19-9-14-10-24-16-5-3-2-4-15(16)20(14)27-19/h2-9,12H,10-11H2,1H3,(H,22,23). The first-order valence-electron chi connectivity index (χ1n) is 8.74. The van der Waals surface area contributed by atoms with E-state index in [9.17, 15) is 4.79 Å². The van der Waals surface area contributed by atoms with Crippen molar-refractivity contribution >= 4 is 17.2 Å². The summed E-state index contributed by atoms with van der Waals surface area (Å²) in [7, 11) is 0. The number of para-hydroxylation sites is 1. The van der Waals surface area contributed by atoms with Gasteiger partial charge in [0.05, 0.1) is 10.9 Å². The second kappa shape index (κ2) is 6.32. The molecule has 2 aliphatic heterocycles. The molecule has 1 aromatic heterocycles. The van der Waals surface area contributed by atoms with E-state index >= 15 is 0 Å². The number of amides is 1. The van der Waals surface area contributed by atoms with Crippen LogP contribution in [0.4, 0.5) is 0 Å². The molecule has 1 amide bonds. The van der Waals surface area contributed by atoms with Gasteiger partial charge in [-0.15, -0.1) is 11.3 Å². The Morgan fingerprint density at radius 2 is 1.89 bits per heavy atom. The molecule has 0 aliphatic carbocycles. The van der Waals surface area contributed by atoms with Crippen molar-refractivity contribution in [3.8, 4) is 27.7 Å². The van der Waals surface area contributed by atoms with Crippen LogP contribution in [-0.4, -0.2) is 12.7 Å². The third-order valence-corrected chi connectivity index (χ3v) is 6.00. The number of carbonyl (C=O) groups excluding carboxylic acids is 1. The maximum absolute atomic E-state index is 12.8. The molecule has 27 heavy (non-hydrogen) atoms. The minimum Gasteiger partial charge on any atom is -0.488 e. The SMILES string of the molecule is CC(NC(=O)c1cc2c(s1)-c1ccccc1OC2)c1ccc2c(c1)OCO2. The summed E-state index contributed by atoms with van der Waals surface area (Å²) in [5.41, 5.74) is 3.08. The van der Waals surface area contributed by atoms with Crippen LogP contribution < -0.4 is 19.5 Å². The van der Waals surface area contributed by atoms with Crippen molar-refractivity contribution < 1.29 is 19.0 Å². The lowest BCUT2D eigenvalue weighted by Gasteiger charge is -2.16. The second-order valence-corrected chi connectivity index (χ2v) is 7.61. The van der Waals surface area contributed by atoms with Crippen LogP contribution in [0, 0.1) is 0 Å². The smallest absolute Gasteiger partial charge is 0.261 e. The summed E-state index contributed by atoms with van der Waals surface area (Å²) >= 11 is 1.51. The third kappa shape index (κ3) is 2.82. The molecule has 0 radical (unpaired) electrons. The highest BCUT2D eigenvalue weighted by molar-refractivity contribution is 7.17. The summed E-state index contributed by atoms with van der Waals surface area (Å²) < 4.78 is 16.5. The molecule has 2 aliphatic rings. The first-order chi connectivity index (χ1) is 13.2. The van der Waals surface area contributed by atoms with E-state index in [-0.39, 0.29) is 18.7 Å². The number of hydrogen-bond donors (Lipinski definition) is 1. The molecule has 5 nitrogen and oxygen atoms in total. The number of ether oxygens (including phenoxy) is 3. The van der Waals surface area contributed by atoms with E-state index in [1.54, 1.807) is 0 Å². The number of benzene rings is 2. The van der Waals surface area contributed by atoms with Gasteiger partial charge in [0.2, 0.25) is 6.79 Å². The molecule has 1 N–H and O–H groups in total. The Morgan fingerprint density at radius 3 is 2.81 bits per heavy atom. The van der Waals surface area contributed by atoms with Crippen molar-refractivity contribution in [1.82, 2.24) is 5.32 Å². The first kappa shape index (κ1) is 16.2. The average molecular weight is 379 g/mol. The van der Waals surface area contributed by atoms with Gasteiger partial charge in [-0.3, -0.25) is 4.79 Å². The number of hydrogen-bond acceptors (Lipinski definition) is 5. The van der Waals surface area contributed by atoms with Crippen LogP contribution in [0.25, 0.3) is 10.4 Å². The van der Waals surface area contributed by atoms with E-state index in [1.807, 2.05) is 55.5 Å². The lowest BCUT2D eigenvalue weighted by molar-refractivity contribution is 0.0944. The quantitative estimate of drug-likeness (QED) is 0.727. The van der Waals surface area contributed by atoms with E-state index in [4.69, 9.17) is 14.2 Å². The van der Waals surface area contributed by atoms with Gasteiger partial charge >= 0.3 is 0 Å². The number of rotatable bonds is 3.